The Kier molecular flexibility index (Phi) is 4.25. The molecule has 3 unspecified atom stereocenters. The zero-order valence-electron chi connectivity index (χ0n) is 11.5. The van der Waals surface area contributed by atoms with Crippen LogP contribution in [0, 0.1) is 0 Å². The second-order valence-corrected chi connectivity index (χ2v) is 5.26. The quantitative estimate of drug-likeness (QED) is 0.890. The number of rotatable bonds is 4. The van der Waals surface area contributed by atoms with E-state index >= 15 is 0 Å². The topological polar surface area (TPSA) is 32.7 Å². The largest absolute Gasteiger partial charge is 0.497 e. The molecule has 0 aromatic heterocycles. The first-order valence-electron chi connectivity index (χ1n) is 6.69. The Morgan fingerprint density at radius 2 is 2.00 bits per heavy atom. The summed E-state index contributed by atoms with van der Waals surface area (Å²) in [5.74, 6) is 0.800. The zero-order valence-corrected chi connectivity index (χ0v) is 11.5. The summed E-state index contributed by atoms with van der Waals surface area (Å²) in [6.07, 6.45) is 2.01. The van der Waals surface area contributed by atoms with Crippen molar-refractivity contribution in [3.8, 4) is 5.75 Å². The average Bonchev–Trinajstić information content (AvgIpc) is 2.70. The Morgan fingerprint density at radius 1 is 1.33 bits per heavy atom. The summed E-state index contributed by atoms with van der Waals surface area (Å²) in [6.45, 7) is 5.18. The molecule has 1 aliphatic heterocycles. The van der Waals surface area contributed by atoms with Crippen LogP contribution >= 0.6 is 0 Å². The van der Waals surface area contributed by atoms with Crippen LogP contribution in [0.25, 0.3) is 0 Å². The van der Waals surface area contributed by atoms with E-state index in [1.165, 1.54) is 12.8 Å². The molecule has 3 atom stereocenters. The van der Waals surface area contributed by atoms with Crippen LogP contribution < -0.4 is 4.74 Å². The highest BCUT2D eigenvalue weighted by Gasteiger charge is 2.29. The van der Waals surface area contributed by atoms with Gasteiger partial charge in [-0.1, -0.05) is 12.1 Å². The van der Waals surface area contributed by atoms with Crippen LogP contribution in [0.4, 0.5) is 0 Å². The first kappa shape index (κ1) is 13.4. The number of hydrogen-bond acceptors (Lipinski definition) is 3. The number of methoxy groups -OCH3 is 1. The molecule has 0 spiro atoms. The Balaban J connectivity index is 2.04. The van der Waals surface area contributed by atoms with Gasteiger partial charge in [-0.25, -0.2) is 0 Å². The second-order valence-electron chi connectivity index (χ2n) is 5.26. The number of benzene rings is 1. The third kappa shape index (κ3) is 2.85. The summed E-state index contributed by atoms with van der Waals surface area (Å²) in [6, 6.07) is 8.83. The third-order valence-corrected chi connectivity index (χ3v) is 4.00. The summed E-state index contributed by atoms with van der Waals surface area (Å²) in [4.78, 5) is 2.39. The molecule has 18 heavy (non-hydrogen) atoms. The Morgan fingerprint density at radius 3 is 2.61 bits per heavy atom. The molecule has 0 saturated carbocycles. The van der Waals surface area contributed by atoms with Crippen molar-refractivity contribution in [3.05, 3.63) is 29.8 Å². The zero-order chi connectivity index (χ0) is 13.1. The molecule has 1 aromatic carbocycles. The van der Waals surface area contributed by atoms with Gasteiger partial charge in [0, 0.05) is 18.6 Å². The standard InChI is InChI=1S/C15H23NO2/c1-11-7-8-12(2)16(11)10-15(17)13-5-4-6-14(9-13)18-3/h4-6,9,11-12,15,17H,7-8,10H2,1-3H3. The lowest BCUT2D eigenvalue weighted by atomic mass is 10.1. The first-order valence-corrected chi connectivity index (χ1v) is 6.69. The van der Waals surface area contributed by atoms with Crippen molar-refractivity contribution in [1.29, 1.82) is 0 Å². The molecule has 1 fully saturated rings. The second kappa shape index (κ2) is 5.72. The highest BCUT2D eigenvalue weighted by Crippen LogP contribution is 2.27. The van der Waals surface area contributed by atoms with E-state index in [9.17, 15) is 5.11 Å². The van der Waals surface area contributed by atoms with Gasteiger partial charge in [0.15, 0.2) is 0 Å². The van der Waals surface area contributed by atoms with Gasteiger partial charge >= 0.3 is 0 Å². The molecule has 0 amide bonds. The van der Waals surface area contributed by atoms with Crippen molar-refractivity contribution in [2.45, 2.75) is 44.9 Å². The van der Waals surface area contributed by atoms with E-state index in [0.717, 1.165) is 11.3 Å². The van der Waals surface area contributed by atoms with Crippen LogP contribution in [-0.4, -0.2) is 35.7 Å². The minimum atomic E-state index is -0.442. The lowest BCUT2D eigenvalue weighted by molar-refractivity contribution is 0.0911. The lowest BCUT2D eigenvalue weighted by Gasteiger charge is -2.28. The molecular weight excluding hydrogens is 226 g/mol. The predicted octanol–water partition coefficient (Wildman–Crippen LogP) is 2.60. The number of likely N-dealkylation sites (tertiary alicyclic amines) is 1. The van der Waals surface area contributed by atoms with Gasteiger partial charge in [0.05, 0.1) is 13.2 Å². The Labute approximate surface area is 109 Å². The average molecular weight is 249 g/mol. The van der Waals surface area contributed by atoms with Crippen LogP contribution in [0.2, 0.25) is 0 Å². The molecule has 0 aliphatic carbocycles. The molecule has 0 bridgehead atoms. The molecule has 0 radical (unpaired) electrons. The maximum absolute atomic E-state index is 10.3. The van der Waals surface area contributed by atoms with Crippen molar-refractivity contribution in [3.63, 3.8) is 0 Å². The summed E-state index contributed by atoms with van der Waals surface area (Å²) in [5.41, 5.74) is 0.931. The monoisotopic (exact) mass is 249 g/mol. The summed E-state index contributed by atoms with van der Waals surface area (Å²) in [5, 5.41) is 10.3. The third-order valence-electron chi connectivity index (χ3n) is 4.00. The van der Waals surface area contributed by atoms with E-state index in [4.69, 9.17) is 4.74 Å². The number of β-amino-alcohol motifs (C(OH)–C–C–N with tert-alkyl or cyclic N) is 1. The number of hydrogen-bond donors (Lipinski definition) is 1. The molecule has 1 aromatic rings. The van der Waals surface area contributed by atoms with Gasteiger partial charge in [-0.2, -0.15) is 0 Å². The normalized spacial score (nSPS) is 26.2. The van der Waals surface area contributed by atoms with Crippen LogP contribution in [-0.2, 0) is 0 Å². The summed E-state index contributed by atoms with van der Waals surface area (Å²) >= 11 is 0. The fourth-order valence-electron chi connectivity index (χ4n) is 2.76. The maximum atomic E-state index is 10.3. The van der Waals surface area contributed by atoms with Gasteiger partial charge in [-0.05, 0) is 44.4 Å². The van der Waals surface area contributed by atoms with E-state index in [1.807, 2.05) is 24.3 Å². The lowest BCUT2D eigenvalue weighted by Crippen LogP contribution is -2.36. The smallest absolute Gasteiger partial charge is 0.119 e. The van der Waals surface area contributed by atoms with Crippen LogP contribution in [0.1, 0.15) is 38.4 Å². The fraction of sp³-hybridized carbons (Fsp3) is 0.600. The van der Waals surface area contributed by atoms with Crippen molar-refractivity contribution in [2.24, 2.45) is 0 Å². The van der Waals surface area contributed by atoms with Crippen molar-refractivity contribution in [2.75, 3.05) is 13.7 Å². The number of aliphatic hydroxyl groups is 1. The van der Waals surface area contributed by atoms with Crippen LogP contribution in [0.3, 0.4) is 0 Å². The molecule has 1 saturated heterocycles. The molecule has 100 valence electrons. The molecular formula is C15H23NO2. The number of ether oxygens (including phenoxy) is 1. The van der Waals surface area contributed by atoms with E-state index in [2.05, 4.69) is 18.7 Å². The summed E-state index contributed by atoms with van der Waals surface area (Å²) < 4.78 is 5.19. The van der Waals surface area contributed by atoms with Crippen molar-refractivity contribution < 1.29 is 9.84 Å². The Bertz CT molecular complexity index is 384. The van der Waals surface area contributed by atoms with Crippen molar-refractivity contribution in [1.82, 2.24) is 4.90 Å². The minimum Gasteiger partial charge on any atom is -0.497 e. The van der Waals surface area contributed by atoms with Gasteiger partial charge in [0.25, 0.3) is 0 Å². The fourth-order valence-corrected chi connectivity index (χ4v) is 2.76. The number of aliphatic hydroxyl groups excluding tert-OH is 1. The van der Waals surface area contributed by atoms with Gasteiger partial charge in [-0.3, -0.25) is 4.90 Å². The molecule has 3 nitrogen and oxygen atoms in total. The SMILES string of the molecule is COc1cccc(C(O)CN2C(C)CCC2C)c1. The van der Waals surface area contributed by atoms with Gasteiger partial charge in [0.1, 0.15) is 5.75 Å². The van der Waals surface area contributed by atoms with Gasteiger partial charge in [0.2, 0.25) is 0 Å². The Hall–Kier alpha value is -1.06. The van der Waals surface area contributed by atoms with Crippen LogP contribution in [0.15, 0.2) is 24.3 Å². The van der Waals surface area contributed by atoms with E-state index in [1.54, 1.807) is 7.11 Å². The highest BCUT2D eigenvalue weighted by molar-refractivity contribution is 5.30. The van der Waals surface area contributed by atoms with E-state index in [0.29, 0.717) is 18.6 Å². The van der Waals surface area contributed by atoms with Crippen molar-refractivity contribution >= 4 is 0 Å². The summed E-state index contributed by atoms with van der Waals surface area (Å²) in [7, 11) is 1.65. The van der Waals surface area contributed by atoms with Crippen LogP contribution in [0.5, 0.6) is 5.75 Å². The molecule has 1 heterocycles. The van der Waals surface area contributed by atoms with Gasteiger partial charge < -0.3 is 9.84 Å². The van der Waals surface area contributed by atoms with E-state index in [-0.39, 0.29) is 0 Å². The molecule has 1 N–H and O–H groups in total. The van der Waals surface area contributed by atoms with Gasteiger partial charge in [-0.15, -0.1) is 0 Å². The first-order chi connectivity index (χ1) is 8.61. The predicted molar refractivity (Wildman–Crippen MR) is 72.8 cm³/mol. The maximum Gasteiger partial charge on any atom is 0.119 e. The minimum absolute atomic E-state index is 0.442. The van der Waals surface area contributed by atoms with E-state index < -0.39 is 6.10 Å². The highest BCUT2D eigenvalue weighted by atomic mass is 16.5. The molecule has 2 rings (SSSR count). The molecule has 1 aliphatic rings. The molecule has 3 heteroatoms. The number of nitrogens with zero attached hydrogens (tertiary/aromatic N) is 1.